The summed E-state index contributed by atoms with van der Waals surface area (Å²) in [6, 6.07) is 0. The van der Waals surface area contributed by atoms with Crippen LogP contribution in [0.1, 0.15) is 33.1 Å². The van der Waals surface area contributed by atoms with E-state index in [0.29, 0.717) is 0 Å². The van der Waals surface area contributed by atoms with Crippen molar-refractivity contribution in [1.82, 2.24) is 0 Å². The summed E-state index contributed by atoms with van der Waals surface area (Å²) in [5, 5.41) is 0. The molecule has 0 aromatic rings. The molecule has 0 rings (SSSR count). The molecule has 0 radical (unpaired) electrons. The number of unbranched alkanes of at least 4 members (excludes halogenated alkanes) is 1. The highest BCUT2D eigenvalue weighted by Gasteiger charge is 2.06. The second-order valence-electron chi connectivity index (χ2n) is 2.98. The fraction of sp³-hybridized carbons (Fsp3) is 0.778. The Morgan fingerprint density at radius 2 is 2.10 bits per heavy atom. The molecule has 60 valence electrons. The summed E-state index contributed by atoms with van der Waals surface area (Å²) < 4.78 is 0.845. The lowest BCUT2D eigenvalue weighted by molar-refractivity contribution is 0.575. The van der Waals surface area contributed by atoms with Crippen LogP contribution in [0.15, 0.2) is 12.7 Å². The van der Waals surface area contributed by atoms with Gasteiger partial charge in [0.2, 0.25) is 0 Å². The van der Waals surface area contributed by atoms with E-state index in [1.54, 1.807) is 0 Å². The van der Waals surface area contributed by atoms with E-state index in [2.05, 4.69) is 43.0 Å². The summed E-state index contributed by atoms with van der Waals surface area (Å²) in [6.07, 6.45) is 5.81. The van der Waals surface area contributed by atoms with Gasteiger partial charge in [0.1, 0.15) is 0 Å². The van der Waals surface area contributed by atoms with E-state index >= 15 is 0 Å². The van der Waals surface area contributed by atoms with Gasteiger partial charge in [-0.2, -0.15) is 0 Å². The largest absolute Gasteiger partial charge is 0.103 e. The molecule has 10 heavy (non-hydrogen) atoms. The van der Waals surface area contributed by atoms with Gasteiger partial charge in [0, 0.05) is 3.92 Å². The molecular weight excluding hydrogens is 235 g/mol. The van der Waals surface area contributed by atoms with E-state index in [4.69, 9.17) is 0 Å². The van der Waals surface area contributed by atoms with E-state index in [9.17, 15) is 0 Å². The Kier molecular flexibility index (Phi) is 6.49. The first-order chi connectivity index (χ1) is 4.68. The minimum Gasteiger partial charge on any atom is -0.103 e. The molecule has 0 aromatic carbocycles. The highest BCUT2D eigenvalue weighted by molar-refractivity contribution is 14.1. The Labute approximate surface area is 78.2 Å². The van der Waals surface area contributed by atoms with Gasteiger partial charge in [-0.1, -0.05) is 42.5 Å². The van der Waals surface area contributed by atoms with E-state index in [1.165, 1.54) is 19.3 Å². The Morgan fingerprint density at radius 3 is 2.50 bits per heavy atom. The third kappa shape index (κ3) is 5.27. The van der Waals surface area contributed by atoms with Crippen LogP contribution in [-0.4, -0.2) is 3.92 Å². The molecule has 0 spiro atoms. The molecule has 0 saturated heterocycles. The van der Waals surface area contributed by atoms with E-state index in [-0.39, 0.29) is 0 Å². The van der Waals surface area contributed by atoms with Gasteiger partial charge in [-0.05, 0) is 25.2 Å². The van der Waals surface area contributed by atoms with E-state index in [1.807, 2.05) is 6.08 Å². The van der Waals surface area contributed by atoms with Crippen LogP contribution in [0.5, 0.6) is 0 Å². The average Bonchev–Trinajstić information content (AvgIpc) is 1.88. The second-order valence-corrected chi connectivity index (χ2v) is 4.58. The zero-order chi connectivity index (χ0) is 7.98. The third-order valence-electron chi connectivity index (χ3n) is 1.61. The molecule has 1 heteroatoms. The summed E-state index contributed by atoms with van der Waals surface area (Å²) in [5.74, 6) is 0.824. The van der Waals surface area contributed by atoms with Gasteiger partial charge in [-0.25, -0.2) is 0 Å². The molecule has 0 aliphatic heterocycles. The molecule has 1 atom stereocenters. The summed E-state index contributed by atoms with van der Waals surface area (Å²) >= 11 is 2.54. The number of hydrogen-bond acceptors (Lipinski definition) is 0. The molecule has 0 nitrogen and oxygen atoms in total. The first-order valence-electron chi connectivity index (χ1n) is 3.93. The van der Waals surface area contributed by atoms with Gasteiger partial charge in [-0.3, -0.25) is 0 Å². The molecule has 0 heterocycles. The first kappa shape index (κ1) is 10.5. The van der Waals surface area contributed by atoms with Crippen LogP contribution < -0.4 is 0 Å². The minimum atomic E-state index is 0.824. The number of allylic oxidation sites excluding steroid dienone is 1. The Morgan fingerprint density at radius 1 is 1.50 bits per heavy atom. The number of rotatable bonds is 5. The molecular formula is C9H17I. The lowest BCUT2D eigenvalue weighted by atomic mass is 10.1. The van der Waals surface area contributed by atoms with Crippen molar-refractivity contribution in [2.45, 2.75) is 37.0 Å². The van der Waals surface area contributed by atoms with Gasteiger partial charge < -0.3 is 0 Å². The third-order valence-corrected chi connectivity index (χ3v) is 3.67. The van der Waals surface area contributed by atoms with Gasteiger partial charge >= 0.3 is 0 Å². The van der Waals surface area contributed by atoms with Crippen LogP contribution in [0.25, 0.3) is 0 Å². The first-order valence-corrected chi connectivity index (χ1v) is 5.18. The highest BCUT2D eigenvalue weighted by Crippen LogP contribution is 2.18. The van der Waals surface area contributed by atoms with Gasteiger partial charge in [0.25, 0.3) is 0 Å². The molecule has 0 aromatic heterocycles. The van der Waals surface area contributed by atoms with Crippen molar-refractivity contribution in [3.8, 4) is 0 Å². The number of alkyl halides is 1. The molecule has 0 aliphatic rings. The van der Waals surface area contributed by atoms with Crippen molar-refractivity contribution in [2.24, 2.45) is 5.92 Å². The predicted octanol–water partition coefficient (Wildman–Crippen LogP) is 3.80. The number of hydrogen-bond donors (Lipinski definition) is 0. The van der Waals surface area contributed by atoms with Gasteiger partial charge in [0.15, 0.2) is 0 Å². The average molecular weight is 252 g/mol. The Hall–Kier alpha value is 0.470. The van der Waals surface area contributed by atoms with Crippen molar-refractivity contribution < 1.29 is 0 Å². The number of halogens is 1. The molecule has 0 saturated carbocycles. The van der Waals surface area contributed by atoms with Crippen LogP contribution in [0, 0.1) is 5.92 Å². The van der Waals surface area contributed by atoms with Crippen molar-refractivity contribution in [1.29, 1.82) is 0 Å². The maximum Gasteiger partial charge on any atom is 0.0133 e. The van der Waals surface area contributed by atoms with Gasteiger partial charge in [0.05, 0.1) is 0 Å². The highest BCUT2D eigenvalue weighted by atomic mass is 127. The lowest BCUT2D eigenvalue weighted by Crippen LogP contribution is -2.05. The maximum atomic E-state index is 3.70. The molecule has 0 amide bonds. The quantitative estimate of drug-likeness (QED) is 0.302. The molecule has 0 aliphatic carbocycles. The van der Waals surface area contributed by atoms with Crippen LogP contribution in [0.2, 0.25) is 0 Å². The van der Waals surface area contributed by atoms with Crippen LogP contribution in [0.4, 0.5) is 0 Å². The Bertz CT molecular complexity index is 86.7. The standard InChI is InChI=1S/C9H17I/c1-4-5-6-7-9(10)8(2)3/h4,8-9H,1,5-7H2,2-3H3. The van der Waals surface area contributed by atoms with Gasteiger partial charge in [-0.15, -0.1) is 6.58 Å². The fourth-order valence-electron chi connectivity index (χ4n) is 0.791. The summed E-state index contributed by atoms with van der Waals surface area (Å²) in [7, 11) is 0. The van der Waals surface area contributed by atoms with Crippen molar-refractivity contribution in [3.05, 3.63) is 12.7 Å². The molecule has 0 fully saturated rings. The Balaban J connectivity index is 3.21. The van der Waals surface area contributed by atoms with E-state index < -0.39 is 0 Å². The topological polar surface area (TPSA) is 0 Å². The van der Waals surface area contributed by atoms with Crippen LogP contribution >= 0.6 is 22.6 Å². The normalized spacial score (nSPS) is 13.6. The summed E-state index contributed by atoms with van der Waals surface area (Å²) in [5.41, 5.74) is 0. The maximum absolute atomic E-state index is 3.70. The van der Waals surface area contributed by atoms with Crippen molar-refractivity contribution >= 4 is 22.6 Å². The molecule has 0 bridgehead atoms. The minimum absolute atomic E-state index is 0.824. The summed E-state index contributed by atoms with van der Waals surface area (Å²) in [4.78, 5) is 0. The zero-order valence-corrected chi connectivity index (χ0v) is 9.10. The summed E-state index contributed by atoms with van der Waals surface area (Å²) in [6.45, 7) is 8.27. The van der Waals surface area contributed by atoms with Crippen molar-refractivity contribution in [3.63, 3.8) is 0 Å². The van der Waals surface area contributed by atoms with E-state index in [0.717, 1.165) is 9.84 Å². The predicted molar refractivity (Wildman–Crippen MR) is 56.7 cm³/mol. The smallest absolute Gasteiger partial charge is 0.0133 e. The molecule has 0 N–H and O–H groups in total. The second kappa shape index (κ2) is 6.20. The lowest BCUT2D eigenvalue weighted by Gasteiger charge is -2.11. The van der Waals surface area contributed by atoms with Crippen LogP contribution in [0.3, 0.4) is 0 Å². The SMILES string of the molecule is C=CCCCC(I)C(C)C. The van der Waals surface area contributed by atoms with Crippen molar-refractivity contribution in [2.75, 3.05) is 0 Å². The monoisotopic (exact) mass is 252 g/mol. The van der Waals surface area contributed by atoms with Crippen LogP contribution in [-0.2, 0) is 0 Å². The fourth-order valence-corrected chi connectivity index (χ4v) is 1.23. The molecule has 1 unspecified atom stereocenters. The zero-order valence-electron chi connectivity index (χ0n) is 6.94.